The van der Waals surface area contributed by atoms with Crippen LogP contribution in [0.3, 0.4) is 0 Å². The van der Waals surface area contributed by atoms with Gasteiger partial charge < -0.3 is 15.0 Å². The lowest BCUT2D eigenvalue weighted by Gasteiger charge is -2.40. The molecule has 8 heteroatoms. The van der Waals surface area contributed by atoms with Crippen LogP contribution in [0.5, 0.6) is 0 Å². The van der Waals surface area contributed by atoms with Crippen molar-refractivity contribution < 1.29 is 19.1 Å². The van der Waals surface area contributed by atoms with Gasteiger partial charge in [0.15, 0.2) is 0 Å². The number of ether oxygens (including phenoxy) is 1. The molecule has 2 heterocycles. The standard InChI is InChI=1S/C28H40N4O4/c1-5-36-27(34)24-23(18-31-14-16-32(17-15-31)26(33)22-8-6-7-9-22)30(4)28(35)29-25(24)21-12-10-20(11-13-21)19(2)3/h10-13,19,22,25H,5-9,14-18H2,1-4H3,(H,29,35)/t25-/m0/s1. The van der Waals surface area contributed by atoms with Gasteiger partial charge in [0, 0.05) is 51.4 Å². The number of benzene rings is 1. The highest BCUT2D eigenvalue weighted by Gasteiger charge is 2.38. The van der Waals surface area contributed by atoms with Gasteiger partial charge >= 0.3 is 12.0 Å². The maximum Gasteiger partial charge on any atom is 0.338 e. The third-order valence-corrected chi connectivity index (χ3v) is 7.77. The van der Waals surface area contributed by atoms with Gasteiger partial charge in [-0.15, -0.1) is 0 Å². The van der Waals surface area contributed by atoms with Crippen LogP contribution in [0.2, 0.25) is 0 Å². The zero-order chi connectivity index (χ0) is 25.8. The van der Waals surface area contributed by atoms with E-state index in [1.807, 2.05) is 29.2 Å². The number of nitrogens with one attached hydrogen (secondary N) is 1. The molecule has 0 bridgehead atoms. The molecule has 0 radical (unpaired) electrons. The summed E-state index contributed by atoms with van der Waals surface area (Å²) in [5.74, 6) is 0.455. The zero-order valence-electron chi connectivity index (χ0n) is 22.1. The van der Waals surface area contributed by atoms with E-state index in [0.717, 1.165) is 31.2 Å². The number of esters is 1. The highest BCUT2D eigenvalue weighted by Crippen LogP contribution is 2.33. The first kappa shape index (κ1) is 26.2. The van der Waals surface area contributed by atoms with E-state index in [1.54, 1.807) is 14.0 Å². The van der Waals surface area contributed by atoms with E-state index in [9.17, 15) is 14.4 Å². The number of carbonyl (C=O) groups excluding carboxylic acids is 3. The number of urea groups is 1. The zero-order valence-corrected chi connectivity index (χ0v) is 22.1. The quantitative estimate of drug-likeness (QED) is 0.583. The molecule has 1 aromatic carbocycles. The number of piperazine rings is 1. The van der Waals surface area contributed by atoms with Crippen LogP contribution in [0, 0.1) is 5.92 Å². The summed E-state index contributed by atoms with van der Waals surface area (Å²) < 4.78 is 5.46. The Kier molecular flexibility index (Phi) is 8.34. The minimum absolute atomic E-state index is 0.186. The fourth-order valence-electron chi connectivity index (χ4n) is 5.49. The molecular formula is C28H40N4O4. The summed E-state index contributed by atoms with van der Waals surface area (Å²) in [5.41, 5.74) is 3.18. The van der Waals surface area contributed by atoms with Crippen molar-refractivity contribution in [1.82, 2.24) is 20.0 Å². The number of carbonyl (C=O) groups is 3. The lowest BCUT2D eigenvalue weighted by Crippen LogP contribution is -2.53. The van der Waals surface area contributed by atoms with Gasteiger partial charge in [-0.05, 0) is 36.8 Å². The van der Waals surface area contributed by atoms with Gasteiger partial charge in [-0.25, -0.2) is 9.59 Å². The van der Waals surface area contributed by atoms with Gasteiger partial charge in [0.1, 0.15) is 0 Å². The van der Waals surface area contributed by atoms with Crippen molar-refractivity contribution in [3.8, 4) is 0 Å². The molecule has 1 atom stereocenters. The van der Waals surface area contributed by atoms with Gasteiger partial charge in [0.05, 0.1) is 18.2 Å². The lowest BCUT2D eigenvalue weighted by molar-refractivity contribution is -0.139. The molecule has 0 spiro atoms. The van der Waals surface area contributed by atoms with E-state index in [2.05, 4.69) is 24.1 Å². The van der Waals surface area contributed by atoms with Crippen molar-refractivity contribution >= 4 is 17.9 Å². The molecule has 4 rings (SSSR count). The minimum atomic E-state index is -0.575. The maximum absolute atomic E-state index is 13.2. The Labute approximate surface area is 214 Å². The number of hydrogen-bond acceptors (Lipinski definition) is 5. The van der Waals surface area contributed by atoms with Crippen LogP contribution in [-0.4, -0.2) is 79.0 Å². The fourth-order valence-corrected chi connectivity index (χ4v) is 5.49. The molecule has 1 aromatic rings. The van der Waals surface area contributed by atoms with Crippen molar-refractivity contribution in [2.75, 3.05) is 46.4 Å². The van der Waals surface area contributed by atoms with Crippen molar-refractivity contribution in [2.24, 2.45) is 5.92 Å². The van der Waals surface area contributed by atoms with E-state index >= 15 is 0 Å². The van der Waals surface area contributed by atoms with Gasteiger partial charge in [-0.2, -0.15) is 0 Å². The highest BCUT2D eigenvalue weighted by atomic mass is 16.5. The van der Waals surface area contributed by atoms with E-state index < -0.39 is 12.0 Å². The molecule has 1 N–H and O–H groups in total. The van der Waals surface area contributed by atoms with Crippen LogP contribution >= 0.6 is 0 Å². The average Bonchev–Trinajstić information content (AvgIpc) is 3.42. The van der Waals surface area contributed by atoms with Crippen molar-refractivity contribution in [2.45, 2.75) is 58.4 Å². The second kappa shape index (κ2) is 11.5. The molecule has 36 heavy (non-hydrogen) atoms. The van der Waals surface area contributed by atoms with Gasteiger partial charge in [-0.1, -0.05) is 51.0 Å². The topological polar surface area (TPSA) is 82.2 Å². The first-order valence-corrected chi connectivity index (χ1v) is 13.4. The van der Waals surface area contributed by atoms with Crippen molar-refractivity contribution in [3.63, 3.8) is 0 Å². The molecule has 1 saturated carbocycles. The first-order chi connectivity index (χ1) is 17.3. The third kappa shape index (κ3) is 5.59. The van der Waals surface area contributed by atoms with Crippen LogP contribution in [0.25, 0.3) is 0 Å². The fraction of sp³-hybridized carbons (Fsp3) is 0.607. The maximum atomic E-state index is 13.2. The number of hydrogen-bond donors (Lipinski definition) is 1. The number of likely N-dealkylation sites (N-methyl/N-ethyl adjacent to an activating group) is 1. The van der Waals surface area contributed by atoms with Crippen LogP contribution in [-0.2, 0) is 14.3 Å². The first-order valence-electron chi connectivity index (χ1n) is 13.4. The molecule has 1 aliphatic carbocycles. The molecule has 0 unspecified atom stereocenters. The van der Waals surface area contributed by atoms with E-state index in [1.165, 1.54) is 10.5 Å². The summed E-state index contributed by atoms with van der Waals surface area (Å²) in [6.45, 7) is 9.53. The molecule has 2 aliphatic heterocycles. The second-order valence-electron chi connectivity index (χ2n) is 10.4. The minimum Gasteiger partial charge on any atom is -0.463 e. The Morgan fingerprint density at radius 1 is 1.06 bits per heavy atom. The molecular weight excluding hydrogens is 456 g/mol. The van der Waals surface area contributed by atoms with E-state index in [-0.39, 0.29) is 24.5 Å². The summed E-state index contributed by atoms with van der Waals surface area (Å²) in [6.07, 6.45) is 4.32. The summed E-state index contributed by atoms with van der Waals surface area (Å²) in [5, 5.41) is 3.00. The summed E-state index contributed by atoms with van der Waals surface area (Å²) in [6, 6.07) is 7.24. The van der Waals surface area contributed by atoms with Gasteiger partial charge in [-0.3, -0.25) is 14.6 Å². The molecule has 8 nitrogen and oxygen atoms in total. The Balaban J connectivity index is 1.56. The Bertz CT molecular complexity index is 989. The average molecular weight is 497 g/mol. The second-order valence-corrected chi connectivity index (χ2v) is 10.4. The molecule has 0 aromatic heterocycles. The largest absolute Gasteiger partial charge is 0.463 e. The van der Waals surface area contributed by atoms with Gasteiger partial charge in [0.25, 0.3) is 0 Å². The summed E-state index contributed by atoms with van der Waals surface area (Å²) in [7, 11) is 1.70. The van der Waals surface area contributed by atoms with Crippen LogP contribution < -0.4 is 5.32 Å². The Morgan fingerprint density at radius 3 is 2.28 bits per heavy atom. The van der Waals surface area contributed by atoms with E-state index in [4.69, 9.17) is 4.74 Å². The summed E-state index contributed by atoms with van der Waals surface area (Å²) in [4.78, 5) is 44.8. The van der Waals surface area contributed by atoms with Gasteiger partial charge in [0.2, 0.25) is 5.91 Å². The van der Waals surface area contributed by atoms with Crippen molar-refractivity contribution in [3.05, 3.63) is 46.7 Å². The van der Waals surface area contributed by atoms with Crippen molar-refractivity contribution in [1.29, 1.82) is 0 Å². The number of amides is 3. The molecule has 3 amide bonds. The van der Waals surface area contributed by atoms with E-state index in [0.29, 0.717) is 49.9 Å². The number of rotatable bonds is 7. The van der Waals surface area contributed by atoms with Crippen LogP contribution in [0.1, 0.15) is 69.5 Å². The predicted molar refractivity (Wildman–Crippen MR) is 138 cm³/mol. The predicted octanol–water partition coefficient (Wildman–Crippen LogP) is 3.66. The summed E-state index contributed by atoms with van der Waals surface area (Å²) >= 11 is 0. The lowest BCUT2D eigenvalue weighted by atomic mass is 9.92. The SMILES string of the molecule is CCOC(=O)C1=C(CN2CCN(C(=O)C3CCCC3)CC2)N(C)C(=O)N[C@H]1c1ccc(C(C)C)cc1. The smallest absolute Gasteiger partial charge is 0.338 e. The van der Waals surface area contributed by atoms with Crippen LogP contribution in [0.4, 0.5) is 4.79 Å². The molecule has 196 valence electrons. The third-order valence-electron chi connectivity index (χ3n) is 7.77. The number of nitrogens with zero attached hydrogens (tertiary/aromatic N) is 3. The Morgan fingerprint density at radius 2 is 1.69 bits per heavy atom. The monoisotopic (exact) mass is 496 g/mol. The highest BCUT2D eigenvalue weighted by molar-refractivity contribution is 5.95. The molecule has 2 fully saturated rings. The Hall–Kier alpha value is -2.87. The molecule has 1 saturated heterocycles. The molecule has 3 aliphatic rings. The van der Waals surface area contributed by atoms with Crippen LogP contribution in [0.15, 0.2) is 35.5 Å². The normalized spacial score (nSPS) is 21.8.